The molecule has 0 saturated carbocycles. The Hall–Kier alpha value is -1.48. The summed E-state index contributed by atoms with van der Waals surface area (Å²) in [6.07, 6.45) is 0.864. The van der Waals surface area contributed by atoms with E-state index in [4.69, 9.17) is 12.2 Å². The number of rotatable bonds is 2. The van der Waals surface area contributed by atoms with E-state index in [0.29, 0.717) is 4.64 Å². The van der Waals surface area contributed by atoms with E-state index in [9.17, 15) is 0 Å². The summed E-state index contributed by atoms with van der Waals surface area (Å²) in [6.45, 7) is 4.16. The molecule has 0 saturated heterocycles. The molecule has 2 aromatic rings. The van der Waals surface area contributed by atoms with Crippen LogP contribution in [0.1, 0.15) is 18.3 Å². The molecular formula is C13H14N2S. The number of hydrogen-bond donors (Lipinski definition) is 1. The fraction of sp³-hybridized carbons (Fsp3) is 0.231. The van der Waals surface area contributed by atoms with Gasteiger partial charge in [0.25, 0.3) is 0 Å². The van der Waals surface area contributed by atoms with Crippen LogP contribution in [-0.4, -0.2) is 9.97 Å². The highest BCUT2D eigenvalue weighted by Gasteiger charge is 2.03. The van der Waals surface area contributed by atoms with Crippen molar-refractivity contribution in [3.8, 4) is 11.3 Å². The molecule has 1 aromatic carbocycles. The van der Waals surface area contributed by atoms with Gasteiger partial charge in [-0.25, -0.2) is 4.98 Å². The Morgan fingerprint density at radius 2 is 2.06 bits per heavy atom. The van der Waals surface area contributed by atoms with Crippen molar-refractivity contribution in [3.05, 3.63) is 46.4 Å². The number of nitrogens with one attached hydrogen (secondary N) is 1. The zero-order chi connectivity index (χ0) is 11.5. The van der Waals surface area contributed by atoms with Gasteiger partial charge in [-0.05, 0) is 18.6 Å². The van der Waals surface area contributed by atoms with Gasteiger partial charge < -0.3 is 4.98 Å². The molecule has 0 aliphatic rings. The van der Waals surface area contributed by atoms with Gasteiger partial charge in [-0.3, -0.25) is 0 Å². The second-order valence-electron chi connectivity index (χ2n) is 3.75. The maximum Gasteiger partial charge on any atom is 0.130 e. The predicted molar refractivity (Wildman–Crippen MR) is 69.0 cm³/mol. The average molecular weight is 230 g/mol. The molecule has 0 amide bonds. The van der Waals surface area contributed by atoms with Crippen LogP contribution in [0.5, 0.6) is 0 Å². The van der Waals surface area contributed by atoms with Crippen molar-refractivity contribution in [2.75, 3.05) is 0 Å². The summed E-state index contributed by atoms with van der Waals surface area (Å²) in [4.78, 5) is 7.58. The molecule has 0 radical (unpaired) electrons. The minimum Gasteiger partial charge on any atom is -0.343 e. The van der Waals surface area contributed by atoms with Gasteiger partial charge in [0.05, 0.1) is 0 Å². The topological polar surface area (TPSA) is 28.7 Å². The van der Waals surface area contributed by atoms with Crippen LogP contribution in [0.4, 0.5) is 0 Å². The molecule has 0 aliphatic carbocycles. The number of aryl methyl sites for hydroxylation is 2. The summed E-state index contributed by atoms with van der Waals surface area (Å²) in [5, 5.41) is 0. The molecule has 0 fully saturated rings. The van der Waals surface area contributed by atoms with Gasteiger partial charge >= 0.3 is 0 Å². The molecule has 2 rings (SSSR count). The van der Waals surface area contributed by atoms with Crippen molar-refractivity contribution in [2.24, 2.45) is 0 Å². The lowest BCUT2D eigenvalue weighted by Crippen LogP contribution is -1.96. The second-order valence-corrected chi connectivity index (χ2v) is 4.17. The fourth-order valence-corrected chi connectivity index (χ4v) is 1.92. The molecule has 3 heteroatoms. The minimum atomic E-state index is 0.647. The first-order valence-electron chi connectivity index (χ1n) is 5.37. The van der Waals surface area contributed by atoms with Crippen LogP contribution in [0.15, 0.2) is 30.3 Å². The number of aromatic nitrogens is 2. The van der Waals surface area contributed by atoms with Gasteiger partial charge in [0.1, 0.15) is 10.5 Å². The van der Waals surface area contributed by atoms with Crippen LogP contribution >= 0.6 is 12.2 Å². The third-order valence-corrected chi connectivity index (χ3v) is 2.77. The minimum absolute atomic E-state index is 0.647. The molecule has 1 aromatic heterocycles. The summed E-state index contributed by atoms with van der Waals surface area (Å²) < 4.78 is 0.647. The summed E-state index contributed by atoms with van der Waals surface area (Å²) in [7, 11) is 0. The molecule has 0 atom stereocenters. The summed E-state index contributed by atoms with van der Waals surface area (Å²) in [5.74, 6) is 0.936. The van der Waals surface area contributed by atoms with Crippen LogP contribution in [0, 0.1) is 11.6 Å². The highest BCUT2D eigenvalue weighted by atomic mass is 32.1. The van der Waals surface area contributed by atoms with E-state index in [0.717, 1.165) is 17.9 Å². The maximum atomic E-state index is 5.17. The van der Waals surface area contributed by atoms with Crippen LogP contribution in [0.25, 0.3) is 11.3 Å². The highest BCUT2D eigenvalue weighted by molar-refractivity contribution is 7.71. The number of hydrogen-bond acceptors (Lipinski definition) is 2. The zero-order valence-electron chi connectivity index (χ0n) is 9.45. The van der Waals surface area contributed by atoms with E-state index in [1.165, 1.54) is 11.1 Å². The Morgan fingerprint density at radius 1 is 1.31 bits per heavy atom. The van der Waals surface area contributed by atoms with Crippen LogP contribution < -0.4 is 0 Å². The number of benzene rings is 1. The van der Waals surface area contributed by atoms with E-state index in [-0.39, 0.29) is 0 Å². The number of aromatic amines is 1. The van der Waals surface area contributed by atoms with Crippen molar-refractivity contribution in [1.82, 2.24) is 9.97 Å². The zero-order valence-corrected chi connectivity index (χ0v) is 10.3. The Morgan fingerprint density at radius 3 is 2.75 bits per heavy atom. The highest BCUT2D eigenvalue weighted by Crippen LogP contribution is 2.20. The average Bonchev–Trinajstić information content (AvgIpc) is 2.28. The van der Waals surface area contributed by atoms with Gasteiger partial charge in [0.15, 0.2) is 0 Å². The first kappa shape index (κ1) is 11.0. The molecule has 0 spiro atoms. The van der Waals surface area contributed by atoms with Gasteiger partial charge in [-0.2, -0.15) is 0 Å². The van der Waals surface area contributed by atoms with Gasteiger partial charge in [-0.15, -0.1) is 0 Å². The molecule has 0 aliphatic heterocycles. The fourth-order valence-electron chi connectivity index (χ4n) is 1.70. The first-order valence-corrected chi connectivity index (χ1v) is 5.77. The van der Waals surface area contributed by atoms with E-state index in [2.05, 4.69) is 35.9 Å². The monoisotopic (exact) mass is 230 g/mol. The Labute approximate surface area is 100 Å². The van der Waals surface area contributed by atoms with Crippen molar-refractivity contribution in [3.63, 3.8) is 0 Å². The molecule has 2 nitrogen and oxygen atoms in total. The van der Waals surface area contributed by atoms with Crippen molar-refractivity contribution >= 4 is 12.2 Å². The molecule has 1 N–H and O–H groups in total. The Balaban J connectivity index is 2.60. The van der Waals surface area contributed by atoms with Gasteiger partial charge in [-0.1, -0.05) is 43.4 Å². The third-order valence-electron chi connectivity index (χ3n) is 2.56. The maximum absolute atomic E-state index is 5.17. The van der Waals surface area contributed by atoms with E-state index >= 15 is 0 Å². The smallest absolute Gasteiger partial charge is 0.130 e. The van der Waals surface area contributed by atoms with Crippen LogP contribution in [0.3, 0.4) is 0 Å². The van der Waals surface area contributed by atoms with Crippen molar-refractivity contribution in [1.29, 1.82) is 0 Å². The van der Waals surface area contributed by atoms with Gasteiger partial charge in [0, 0.05) is 17.7 Å². The molecule has 16 heavy (non-hydrogen) atoms. The van der Waals surface area contributed by atoms with Crippen molar-refractivity contribution < 1.29 is 0 Å². The van der Waals surface area contributed by atoms with E-state index in [1.54, 1.807) is 0 Å². The molecule has 82 valence electrons. The van der Waals surface area contributed by atoms with Crippen LogP contribution in [-0.2, 0) is 6.42 Å². The largest absolute Gasteiger partial charge is 0.343 e. The number of nitrogens with zero attached hydrogens (tertiary/aromatic N) is 1. The predicted octanol–water partition coefficient (Wildman–Crippen LogP) is 3.68. The lowest BCUT2D eigenvalue weighted by atomic mass is 10.1. The van der Waals surface area contributed by atoms with E-state index < -0.39 is 0 Å². The number of H-pyrrole nitrogens is 1. The summed E-state index contributed by atoms with van der Waals surface area (Å²) in [5.41, 5.74) is 3.47. The van der Waals surface area contributed by atoms with Gasteiger partial charge in [0.2, 0.25) is 0 Å². The lowest BCUT2D eigenvalue weighted by Gasteiger charge is -2.07. The summed E-state index contributed by atoms with van der Waals surface area (Å²) >= 11 is 5.17. The Bertz CT molecular complexity index is 558. The standard InChI is InChI=1S/C13H14N2S/c1-3-12-14-11(8-13(16)15-12)10-7-5-4-6-9(10)2/h4-8H,3H2,1-2H3,(H,14,15,16). The molecule has 0 unspecified atom stereocenters. The quantitative estimate of drug-likeness (QED) is 0.797. The normalized spacial score (nSPS) is 10.4. The summed E-state index contributed by atoms with van der Waals surface area (Å²) in [6, 6.07) is 10.2. The SMILES string of the molecule is CCc1nc(=S)cc(-c2ccccc2C)[nH]1. The molecule has 0 bridgehead atoms. The van der Waals surface area contributed by atoms with E-state index in [1.807, 2.05) is 18.2 Å². The third kappa shape index (κ3) is 2.19. The second kappa shape index (κ2) is 4.58. The first-order chi connectivity index (χ1) is 7.70. The molecule has 1 heterocycles. The Kier molecular flexibility index (Phi) is 3.15. The van der Waals surface area contributed by atoms with Crippen molar-refractivity contribution in [2.45, 2.75) is 20.3 Å². The van der Waals surface area contributed by atoms with Crippen LogP contribution in [0.2, 0.25) is 0 Å². The molecular weight excluding hydrogens is 216 g/mol. The lowest BCUT2D eigenvalue weighted by molar-refractivity contribution is 0.936.